The minimum Gasteiger partial charge on any atom is -0.493 e. The molecule has 8 heteroatoms. The summed E-state index contributed by atoms with van der Waals surface area (Å²) < 4.78 is 11.2. The lowest BCUT2D eigenvalue weighted by molar-refractivity contribution is 0.284. The van der Waals surface area contributed by atoms with E-state index in [1.807, 2.05) is 42.5 Å². The standard InChI is InChI=1S/C19H19N5O3/c1-13-18(25)21-19(24-22-13)23-20-11-15-8-9-16(17(10-15)26-2)27-12-14-6-4-3-5-7-14/h3-11H,12H2,1-2H3,(H2,21,23,24,25). The zero-order valence-corrected chi connectivity index (χ0v) is 15.0. The van der Waals surface area contributed by atoms with Gasteiger partial charge in [0, 0.05) is 0 Å². The van der Waals surface area contributed by atoms with Crippen LogP contribution in [-0.2, 0) is 6.61 Å². The average Bonchev–Trinajstić information content (AvgIpc) is 2.70. The van der Waals surface area contributed by atoms with Crippen LogP contribution in [0.3, 0.4) is 0 Å². The monoisotopic (exact) mass is 365 g/mol. The highest BCUT2D eigenvalue weighted by Gasteiger charge is 2.06. The third-order valence-electron chi connectivity index (χ3n) is 3.67. The molecule has 2 aromatic carbocycles. The topological polar surface area (TPSA) is 101 Å². The summed E-state index contributed by atoms with van der Waals surface area (Å²) in [5.74, 6) is 1.40. The maximum absolute atomic E-state index is 11.5. The second-order valence-corrected chi connectivity index (χ2v) is 5.64. The van der Waals surface area contributed by atoms with Crippen LogP contribution in [0.15, 0.2) is 58.4 Å². The number of aromatic amines is 1. The molecular formula is C19H19N5O3. The number of methoxy groups -OCH3 is 1. The molecule has 0 fully saturated rings. The van der Waals surface area contributed by atoms with E-state index >= 15 is 0 Å². The summed E-state index contributed by atoms with van der Waals surface area (Å²) >= 11 is 0. The largest absolute Gasteiger partial charge is 0.493 e. The number of anilines is 1. The van der Waals surface area contributed by atoms with E-state index in [-0.39, 0.29) is 11.5 Å². The van der Waals surface area contributed by atoms with Crippen molar-refractivity contribution in [2.24, 2.45) is 5.10 Å². The minimum absolute atomic E-state index is 0.164. The molecule has 0 aliphatic rings. The molecule has 0 amide bonds. The van der Waals surface area contributed by atoms with Crippen molar-refractivity contribution in [1.82, 2.24) is 15.2 Å². The van der Waals surface area contributed by atoms with Crippen LogP contribution in [0.4, 0.5) is 5.95 Å². The van der Waals surface area contributed by atoms with Crippen molar-refractivity contribution in [3.63, 3.8) is 0 Å². The van der Waals surface area contributed by atoms with Gasteiger partial charge in [-0.3, -0.25) is 9.78 Å². The molecule has 0 saturated heterocycles. The minimum atomic E-state index is -0.315. The number of nitrogens with one attached hydrogen (secondary N) is 2. The highest BCUT2D eigenvalue weighted by Crippen LogP contribution is 2.28. The summed E-state index contributed by atoms with van der Waals surface area (Å²) in [7, 11) is 1.58. The molecule has 0 saturated carbocycles. The maximum Gasteiger partial charge on any atom is 0.274 e. The van der Waals surface area contributed by atoms with Gasteiger partial charge in [0.2, 0.25) is 5.95 Å². The number of nitrogens with zero attached hydrogens (tertiary/aromatic N) is 3. The van der Waals surface area contributed by atoms with Gasteiger partial charge in [-0.1, -0.05) is 30.3 Å². The Morgan fingerprint density at radius 3 is 2.70 bits per heavy atom. The summed E-state index contributed by atoms with van der Waals surface area (Å²) in [6.07, 6.45) is 1.57. The number of aromatic nitrogens is 3. The van der Waals surface area contributed by atoms with Gasteiger partial charge >= 0.3 is 0 Å². The lowest BCUT2D eigenvalue weighted by Crippen LogP contribution is -2.15. The number of hydrogen-bond acceptors (Lipinski definition) is 7. The highest BCUT2D eigenvalue weighted by atomic mass is 16.5. The summed E-state index contributed by atoms with van der Waals surface area (Å²) in [5, 5.41) is 11.6. The first-order chi connectivity index (χ1) is 13.2. The Morgan fingerprint density at radius 1 is 1.15 bits per heavy atom. The highest BCUT2D eigenvalue weighted by molar-refractivity contribution is 5.81. The third-order valence-corrected chi connectivity index (χ3v) is 3.67. The van der Waals surface area contributed by atoms with Crippen LogP contribution in [0.5, 0.6) is 11.5 Å². The van der Waals surface area contributed by atoms with Gasteiger partial charge in [0.1, 0.15) is 12.3 Å². The van der Waals surface area contributed by atoms with Crippen molar-refractivity contribution in [2.45, 2.75) is 13.5 Å². The van der Waals surface area contributed by atoms with Crippen LogP contribution >= 0.6 is 0 Å². The molecule has 3 rings (SSSR count). The number of hydrazone groups is 1. The van der Waals surface area contributed by atoms with Crippen LogP contribution in [0.25, 0.3) is 0 Å². The van der Waals surface area contributed by atoms with E-state index in [0.717, 1.165) is 11.1 Å². The van der Waals surface area contributed by atoms with E-state index in [1.165, 1.54) is 0 Å². The van der Waals surface area contributed by atoms with Crippen LogP contribution < -0.4 is 20.5 Å². The predicted molar refractivity (Wildman–Crippen MR) is 102 cm³/mol. The molecule has 1 aromatic heterocycles. The number of rotatable bonds is 7. The summed E-state index contributed by atoms with van der Waals surface area (Å²) in [6.45, 7) is 2.03. The van der Waals surface area contributed by atoms with E-state index in [9.17, 15) is 4.79 Å². The average molecular weight is 365 g/mol. The summed E-state index contributed by atoms with van der Waals surface area (Å²) in [4.78, 5) is 14.0. The number of aryl methyl sites for hydroxylation is 1. The number of benzene rings is 2. The smallest absolute Gasteiger partial charge is 0.274 e. The van der Waals surface area contributed by atoms with Gasteiger partial charge in [-0.05, 0) is 36.2 Å². The molecule has 1 heterocycles. The van der Waals surface area contributed by atoms with Gasteiger partial charge in [0.15, 0.2) is 11.5 Å². The summed E-state index contributed by atoms with van der Waals surface area (Å²) in [5.41, 5.74) is 4.46. The van der Waals surface area contributed by atoms with Gasteiger partial charge < -0.3 is 9.47 Å². The Labute approximate surface area is 155 Å². The van der Waals surface area contributed by atoms with E-state index < -0.39 is 0 Å². The number of H-pyrrole nitrogens is 1. The molecule has 0 atom stereocenters. The first-order valence-electron chi connectivity index (χ1n) is 8.23. The van der Waals surface area contributed by atoms with Crippen molar-refractivity contribution >= 4 is 12.2 Å². The van der Waals surface area contributed by atoms with Gasteiger partial charge in [-0.2, -0.15) is 5.10 Å². The summed E-state index contributed by atoms with van der Waals surface area (Å²) in [6, 6.07) is 15.4. The fourth-order valence-corrected chi connectivity index (χ4v) is 2.23. The number of ether oxygens (including phenoxy) is 2. The molecule has 27 heavy (non-hydrogen) atoms. The van der Waals surface area contributed by atoms with Crippen molar-refractivity contribution in [1.29, 1.82) is 0 Å². The normalized spacial score (nSPS) is 10.7. The van der Waals surface area contributed by atoms with E-state index in [2.05, 4.69) is 25.7 Å². The predicted octanol–water partition coefficient (Wildman–Crippen LogP) is 2.51. The molecule has 138 valence electrons. The van der Waals surface area contributed by atoms with Gasteiger partial charge in [-0.15, -0.1) is 10.2 Å². The molecule has 8 nitrogen and oxygen atoms in total. The zero-order chi connectivity index (χ0) is 19.1. The van der Waals surface area contributed by atoms with Crippen LogP contribution in [0.2, 0.25) is 0 Å². The van der Waals surface area contributed by atoms with Crippen molar-refractivity contribution in [3.8, 4) is 11.5 Å². The van der Waals surface area contributed by atoms with Crippen molar-refractivity contribution in [3.05, 3.63) is 75.7 Å². The molecule has 0 unspecified atom stereocenters. The Kier molecular flexibility index (Phi) is 5.78. The quantitative estimate of drug-likeness (QED) is 0.493. The second-order valence-electron chi connectivity index (χ2n) is 5.64. The Hall–Kier alpha value is -3.68. The Morgan fingerprint density at radius 2 is 1.96 bits per heavy atom. The van der Waals surface area contributed by atoms with Crippen molar-refractivity contribution < 1.29 is 9.47 Å². The van der Waals surface area contributed by atoms with Crippen LogP contribution in [0, 0.1) is 6.92 Å². The van der Waals surface area contributed by atoms with Crippen LogP contribution in [-0.4, -0.2) is 28.5 Å². The van der Waals surface area contributed by atoms with E-state index in [4.69, 9.17) is 9.47 Å². The van der Waals surface area contributed by atoms with Gasteiger partial charge in [0.25, 0.3) is 5.56 Å². The first kappa shape index (κ1) is 18.1. The van der Waals surface area contributed by atoms with Crippen molar-refractivity contribution in [2.75, 3.05) is 12.5 Å². The SMILES string of the molecule is COc1cc(C=NNc2nnc(C)c(=O)[nH]2)ccc1OCc1ccccc1. The van der Waals surface area contributed by atoms with Crippen LogP contribution in [0.1, 0.15) is 16.8 Å². The molecule has 3 aromatic rings. The van der Waals surface area contributed by atoms with Gasteiger partial charge in [-0.25, -0.2) is 5.43 Å². The molecule has 0 radical (unpaired) electrons. The molecular weight excluding hydrogens is 346 g/mol. The maximum atomic E-state index is 11.5. The lowest BCUT2D eigenvalue weighted by atomic mass is 10.2. The zero-order valence-electron chi connectivity index (χ0n) is 15.0. The van der Waals surface area contributed by atoms with Gasteiger partial charge in [0.05, 0.1) is 13.3 Å². The lowest BCUT2D eigenvalue weighted by Gasteiger charge is -2.11. The molecule has 2 N–H and O–H groups in total. The Balaban J connectivity index is 1.66. The fraction of sp³-hybridized carbons (Fsp3) is 0.158. The fourth-order valence-electron chi connectivity index (χ4n) is 2.23. The molecule has 0 aliphatic heterocycles. The Bertz CT molecular complexity index is 986. The molecule has 0 bridgehead atoms. The second kappa shape index (κ2) is 8.61. The molecule has 0 aliphatic carbocycles. The molecule has 0 spiro atoms. The number of hydrogen-bond donors (Lipinski definition) is 2. The van der Waals surface area contributed by atoms with E-state index in [1.54, 1.807) is 26.3 Å². The third kappa shape index (κ3) is 4.91. The van der Waals surface area contributed by atoms with E-state index in [0.29, 0.717) is 23.8 Å². The first-order valence-corrected chi connectivity index (χ1v) is 8.23.